The fourth-order valence-electron chi connectivity index (χ4n) is 0.971. The molecule has 0 aromatic rings. The van der Waals surface area contributed by atoms with Crippen LogP contribution in [0.25, 0.3) is 0 Å². The Balaban J connectivity index is 3.06. The summed E-state index contributed by atoms with van der Waals surface area (Å²) >= 11 is 0. The third-order valence-corrected chi connectivity index (χ3v) is 1.81. The molecule has 0 atom stereocenters. The van der Waals surface area contributed by atoms with E-state index >= 15 is 0 Å². The summed E-state index contributed by atoms with van der Waals surface area (Å²) in [6.45, 7) is 8.07. The van der Waals surface area contributed by atoms with Gasteiger partial charge in [0.1, 0.15) is 7.05 Å². The van der Waals surface area contributed by atoms with E-state index in [1.54, 1.807) is 0 Å². The van der Waals surface area contributed by atoms with Crippen molar-refractivity contribution in [3.05, 3.63) is 23.9 Å². The molecular weight excluding hydrogens is 110 g/mol. The minimum absolute atomic E-state index is 1.12. The van der Waals surface area contributed by atoms with E-state index in [4.69, 9.17) is 0 Å². The minimum Gasteiger partial charge on any atom is -0.199 e. The number of hydrogen-bond acceptors (Lipinski definition) is 0. The lowest BCUT2D eigenvalue weighted by molar-refractivity contribution is -0.435. The van der Waals surface area contributed by atoms with Crippen molar-refractivity contribution < 1.29 is 4.58 Å². The van der Waals surface area contributed by atoms with Gasteiger partial charge in [-0.2, -0.15) is 4.58 Å². The van der Waals surface area contributed by atoms with Crippen LogP contribution in [0.1, 0.15) is 13.8 Å². The van der Waals surface area contributed by atoms with Gasteiger partial charge in [0.25, 0.3) is 0 Å². The first-order valence-electron chi connectivity index (χ1n) is 3.08. The highest BCUT2D eigenvalue weighted by atomic mass is 15.0. The van der Waals surface area contributed by atoms with Crippen LogP contribution in [0.3, 0.4) is 0 Å². The maximum Gasteiger partial charge on any atom is 0.201 e. The number of rotatable bonds is 0. The van der Waals surface area contributed by atoms with Gasteiger partial charge in [0.2, 0.25) is 5.70 Å². The van der Waals surface area contributed by atoms with Crippen LogP contribution in [0, 0.1) is 0 Å². The molecule has 9 heavy (non-hydrogen) atoms. The van der Waals surface area contributed by atoms with Crippen LogP contribution >= 0.6 is 0 Å². The lowest BCUT2D eigenvalue weighted by Crippen LogP contribution is -2.04. The first-order chi connectivity index (χ1) is 4.13. The van der Waals surface area contributed by atoms with Crippen LogP contribution in [0.2, 0.25) is 0 Å². The van der Waals surface area contributed by atoms with Gasteiger partial charge in [-0.15, -0.1) is 0 Å². The van der Waals surface area contributed by atoms with Crippen molar-refractivity contribution in [1.82, 2.24) is 0 Å². The highest BCUT2D eigenvalue weighted by Gasteiger charge is 2.17. The van der Waals surface area contributed by atoms with Crippen molar-refractivity contribution in [2.24, 2.45) is 0 Å². The monoisotopic (exact) mass is 122 g/mol. The molecule has 1 nitrogen and oxygen atoms in total. The largest absolute Gasteiger partial charge is 0.201 e. The highest BCUT2D eigenvalue weighted by molar-refractivity contribution is 5.91. The van der Waals surface area contributed by atoms with Crippen molar-refractivity contribution >= 4 is 5.71 Å². The van der Waals surface area contributed by atoms with Crippen LogP contribution in [-0.2, 0) is 0 Å². The smallest absolute Gasteiger partial charge is 0.199 e. The predicted octanol–water partition coefficient (Wildman–Crippen LogP) is 1.56. The van der Waals surface area contributed by atoms with E-state index in [0.29, 0.717) is 0 Å². The third-order valence-electron chi connectivity index (χ3n) is 1.81. The molecule has 0 N–H and O–H groups in total. The maximum absolute atomic E-state index is 3.90. The summed E-state index contributed by atoms with van der Waals surface area (Å²) in [5.41, 5.74) is 3.67. The molecule has 1 heteroatoms. The van der Waals surface area contributed by atoms with E-state index in [2.05, 4.69) is 31.1 Å². The molecule has 0 aromatic carbocycles. The summed E-state index contributed by atoms with van der Waals surface area (Å²) in [6, 6.07) is 0. The zero-order chi connectivity index (χ0) is 7.02. The van der Waals surface area contributed by atoms with Gasteiger partial charge in [0.05, 0.1) is 0 Å². The van der Waals surface area contributed by atoms with E-state index in [9.17, 15) is 0 Å². The quantitative estimate of drug-likeness (QED) is 0.429. The van der Waals surface area contributed by atoms with Gasteiger partial charge >= 0.3 is 0 Å². The summed E-state index contributed by atoms with van der Waals surface area (Å²) in [7, 11) is 2.03. The van der Waals surface area contributed by atoms with E-state index < -0.39 is 0 Å². The van der Waals surface area contributed by atoms with Gasteiger partial charge in [0.15, 0.2) is 5.71 Å². The Morgan fingerprint density at radius 1 is 1.44 bits per heavy atom. The second-order valence-electron chi connectivity index (χ2n) is 2.47. The average Bonchev–Trinajstić information content (AvgIpc) is 1.98. The molecule has 0 amide bonds. The SMILES string of the molecule is C=C1C(C)=CC(C)=[N+]1C. The number of nitrogens with zero attached hydrogens (tertiary/aromatic N) is 1. The second-order valence-corrected chi connectivity index (χ2v) is 2.47. The lowest BCUT2D eigenvalue weighted by Gasteiger charge is -1.90. The zero-order valence-corrected chi connectivity index (χ0v) is 6.23. The molecule has 0 spiro atoms. The van der Waals surface area contributed by atoms with Gasteiger partial charge < -0.3 is 0 Å². The zero-order valence-electron chi connectivity index (χ0n) is 6.23. The summed E-state index contributed by atoms with van der Waals surface area (Å²) in [5.74, 6) is 0. The summed E-state index contributed by atoms with van der Waals surface area (Å²) in [6.07, 6.45) is 2.14. The molecule has 1 heterocycles. The molecular formula is C8H12N+. The van der Waals surface area contributed by atoms with Gasteiger partial charge in [-0.05, 0) is 13.5 Å². The fourth-order valence-corrected chi connectivity index (χ4v) is 0.971. The molecule has 0 radical (unpaired) electrons. The van der Waals surface area contributed by atoms with Crippen molar-refractivity contribution in [3.63, 3.8) is 0 Å². The van der Waals surface area contributed by atoms with Crippen molar-refractivity contribution in [2.75, 3.05) is 7.05 Å². The van der Waals surface area contributed by atoms with Gasteiger partial charge in [-0.3, -0.25) is 0 Å². The molecule has 0 saturated carbocycles. The average molecular weight is 122 g/mol. The van der Waals surface area contributed by atoms with Crippen LogP contribution in [-0.4, -0.2) is 17.3 Å². The van der Waals surface area contributed by atoms with E-state index in [-0.39, 0.29) is 0 Å². The Bertz CT molecular complexity index is 219. The normalized spacial score (nSPS) is 19.0. The topological polar surface area (TPSA) is 3.01 Å². The van der Waals surface area contributed by atoms with Gasteiger partial charge in [-0.1, -0.05) is 0 Å². The fraction of sp³-hybridized carbons (Fsp3) is 0.375. The summed E-state index contributed by atoms with van der Waals surface area (Å²) < 4.78 is 2.09. The van der Waals surface area contributed by atoms with Crippen LogP contribution in [0.4, 0.5) is 0 Å². The molecule has 1 rings (SSSR count). The minimum atomic E-state index is 1.12. The van der Waals surface area contributed by atoms with Crippen molar-refractivity contribution in [2.45, 2.75) is 13.8 Å². The summed E-state index contributed by atoms with van der Waals surface area (Å²) in [5, 5.41) is 0. The third kappa shape index (κ3) is 0.826. The number of likely N-dealkylation sites (N-methyl/N-ethyl adjacent to an activating group) is 1. The van der Waals surface area contributed by atoms with Crippen LogP contribution in [0.15, 0.2) is 23.9 Å². The molecule has 0 aromatic heterocycles. The van der Waals surface area contributed by atoms with Crippen LogP contribution < -0.4 is 0 Å². The molecule has 0 aliphatic carbocycles. The van der Waals surface area contributed by atoms with Crippen LogP contribution in [0.5, 0.6) is 0 Å². The Labute approximate surface area is 56.0 Å². The van der Waals surface area contributed by atoms with E-state index in [1.165, 1.54) is 11.3 Å². The van der Waals surface area contributed by atoms with Crippen molar-refractivity contribution in [1.29, 1.82) is 0 Å². The predicted molar refractivity (Wildman–Crippen MR) is 39.8 cm³/mol. The lowest BCUT2D eigenvalue weighted by atomic mass is 10.2. The molecule has 0 fully saturated rings. The second kappa shape index (κ2) is 1.83. The Morgan fingerprint density at radius 2 is 2.00 bits per heavy atom. The molecule has 1 aliphatic heterocycles. The Kier molecular flexibility index (Phi) is 1.28. The van der Waals surface area contributed by atoms with Crippen molar-refractivity contribution in [3.8, 4) is 0 Å². The standard InChI is InChI=1S/C8H12N/c1-6-5-7(2)9(4)8(6)3/h5H,3H2,1-2,4H3/q+1. The molecule has 48 valence electrons. The number of allylic oxidation sites excluding steroid dienone is 2. The molecule has 0 saturated heterocycles. The Hall–Kier alpha value is -0.850. The Morgan fingerprint density at radius 3 is 2.11 bits per heavy atom. The number of hydrogen-bond donors (Lipinski definition) is 0. The van der Waals surface area contributed by atoms with Gasteiger partial charge in [0, 0.05) is 18.6 Å². The molecule has 1 aliphatic rings. The first-order valence-corrected chi connectivity index (χ1v) is 3.08. The first kappa shape index (κ1) is 6.27. The van der Waals surface area contributed by atoms with Gasteiger partial charge in [-0.25, -0.2) is 0 Å². The molecule has 0 unspecified atom stereocenters. The van der Waals surface area contributed by atoms with E-state index in [0.717, 1.165) is 5.70 Å². The molecule has 0 bridgehead atoms. The van der Waals surface area contributed by atoms with E-state index in [1.807, 2.05) is 7.05 Å². The highest BCUT2D eigenvalue weighted by Crippen LogP contribution is 2.13. The maximum atomic E-state index is 3.90. The summed E-state index contributed by atoms with van der Waals surface area (Å²) in [4.78, 5) is 0.